The number of nitrogens with zero attached hydrogens (tertiary/aromatic N) is 2. The van der Waals surface area contributed by atoms with E-state index in [0.29, 0.717) is 19.1 Å². The van der Waals surface area contributed by atoms with Crippen molar-refractivity contribution in [1.29, 1.82) is 0 Å². The van der Waals surface area contributed by atoms with Crippen molar-refractivity contribution < 1.29 is 9.53 Å². The van der Waals surface area contributed by atoms with Gasteiger partial charge in [0, 0.05) is 26.2 Å². The molecule has 1 rings (SSSR count). The van der Waals surface area contributed by atoms with Crippen LogP contribution in [0, 0.1) is 0 Å². The number of aliphatic imine (C=N–C) groups is 1. The summed E-state index contributed by atoms with van der Waals surface area (Å²) >= 11 is 0. The highest BCUT2D eigenvalue weighted by Crippen LogP contribution is 2.18. The molecular formula is C17H28N4O2. The maximum Gasteiger partial charge on any atom is 0.241 e. The van der Waals surface area contributed by atoms with Gasteiger partial charge in [-0.3, -0.25) is 4.79 Å². The molecule has 0 bridgehead atoms. The molecule has 0 atom stereocenters. The summed E-state index contributed by atoms with van der Waals surface area (Å²) < 4.78 is 5.61. The summed E-state index contributed by atoms with van der Waals surface area (Å²) in [6.07, 6.45) is 0.984. The normalized spacial score (nSPS) is 11.0. The molecule has 1 amide bonds. The monoisotopic (exact) mass is 320 g/mol. The van der Waals surface area contributed by atoms with Crippen molar-refractivity contribution in [2.45, 2.75) is 26.8 Å². The first-order valence-electron chi connectivity index (χ1n) is 8.01. The van der Waals surface area contributed by atoms with Crippen molar-refractivity contribution in [1.82, 2.24) is 15.5 Å². The number of likely N-dealkylation sites (N-methyl/N-ethyl adjacent to an activating group) is 1. The molecular weight excluding hydrogens is 292 g/mol. The third-order valence-corrected chi connectivity index (χ3v) is 3.13. The standard InChI is InChI=1S/C17H28N4O2/c1-5-11-18-17(20-13-16(22)21(3)4)19-12-14-9-7-8-10-15(14)23-6-2/h7-10H,5-6,11-13H2,1-4H3,(H2,18,19,20). The summed E-state index contributed by atoms with van der Waals surface area (Å²) in [5.74, 6) is 1.48. The molecule has 1 aromatic rings. The third-order valence-electron chi connectivity index (χ3n) is 3.13. The molecule has 2 N–H and O–H groups in total. The van der Waals surface area contributed by atoms with E-state index in [0.717, 1.165) is 24.3 Å². The molecule has 128 valence electrons. The molecule has 0 unspecified atom stereocenters. The molecule has 0 aliphatic heterocycles. The Morgan fingerprint density at radius 3 is 2.61 bits per heavy atom. The highest BCUT2D eigenvalue weighted by atomic mass is 16.5. The molecule has 0 fully saturated rings. The van der Waals surface area contributed by atoms with Gasteiger partial charge in [-0.2, -0.15) is 0 Å². The van der Waals surface area contributed by atoms with Crippen LogP contribution in [0.1, 0.15) is 25.8 Å². The van der Waals surface area contributed by atoms with Crippen molar-refractivity contribution in [3.8, 4) is 5.75 Å². The van der Waals surface area contributed by atoms with Crippen molar-refractivity contribution in [3.05, 3.63) is 29.8 Å². The summed E-state index contributed by atoms with van der Waals surface area (Å²) in [5.41, 5.74) is 1.02. The number of nitrogens with one attached hydrogen (secondary N) is 2. The van der Waals surface area contributed by atoms with E-state index in [4.69, 9.17) is 4.74 Å². The van der Waals surface area contributed by atoms with Gasteiger partial charge in [0.15, 0.2) is 5.96 Å². The molecule has 0 saturated heterocycles. The Bertz CT molecular complexity index is 515. The van der Waals surface area contributed by atoms with Crippen LogP contribution in [-0.2, 0) is 11.3 Å². The highest BCUT2D eigenvalue weighted by Gasteiger charge is 2.06. The Hall–Kier alpha value is -2.24. The molecule has 0 aliphatic carbocycles. The van der Waals surface area contributed by atoms with Gasteiger partial charge >= 0.3 is 0 Å². The molecule has 0 aliphatic rings. The Balaban J connectivity index is 2.73. The predicted octanol–water partition coefficient (Wildman–Crippen LogP) is 1.62. The van der Waals surface area contributed by atoms with Crippen LogP contribution in [0.15, 0.2) is 29.3 Å². The van der Waals surface area contributed by atoms with Crippen molar-refractivity contribution in [2.75, 3.05) is 33.8 Å². The first-order chi connectivity index (χ1) is 11.1. The topological polar surface area (TPSA) is 66.0 Å². The molecule has 6 heteroatoms. The van der Waals surface area contributed by atoms with Gasteiger partial charge in [-0.1, -0.05) is 25.1 Å². The summed E-state index contributed by atoms with van der Waals surface area (Å²) in [6.45, 7) is 6.18. The highest BCUT2D eigenvalue weighted by molar-refractivity contribution is 5.86. The average molecular weight is 320 g/mol. The maximum absolute atomic E-state index is 11.7. The second kappa shape index (κ2) is 10.5. The van der Waals surface area contributed by atoms with Crippen molar-refractivity contribution >= 4 is 11.9 Å². The third kappa shape index (κ3) is 7.04. The van der Waals surface area contributed by atoms with Gasteiger partial charge in [0.1, 0.15) is 5.75 Å². The Kier molecular flexibility index (Phi) is 8.57. The van der Waals surface area contributed by atoms with Crippen molar-refractivity contribution in [3.63, 3.8) is 0 Å². The van der Waals surface area contributed by atoms with Gasteiger partial charge in [-0.05, 0) is 19.4 Å². The molecule has 1 aromatic carbocycles. The van der Waals surface area contributed by atoms with Crippen LogP contribution in [-0.4, -0.2) is 50.6 Å². The zero-order valence-corrected chi connectivity index (χ0v) is 14.6. The van der Waals surface area contributed by atoms with E-state index in [1.165, 1.54) is 0 Å². The second-order valence-electron chi connectivity index (χ2n) is 5.27. The van der Waals surface area contributed by atoms with Crippen LogP contribution in [0.5, 0.6) is 5.75 Å². The molecule has 0 heterocycles. The first-order valence-corrected chi connectivity index (χ1v) is 8.01. The van der Waals surface area contributed by atoms with Crippen LogP contribution < -0.4 is 15.4 Å². The lowest BCUT2D eigenvalue weighted by Crippen LogP contribution is -2.43. The van der Waals surface area contributed by atoms with E-state index in [1.807, 2.05) is 31.2 Å². The fourth-order valence-corrected chi connectivity index (χ4v) is 1.83. The van der Waals surface area contributed by atoms with Gasteiger partial charge in [-0.15, -0.1) is 0 Å². The quantitative estimate of drug-likeness (QED) is 0.564. The summed E-state index contributed by atoms with van der Waals surface area (Å²) in [4.78, 5) is 17.8. The van der Waals surface area contributed by atoms with E-state index < -0.39 is 0 Å². The number of rotatable bonds is 8. The lowest BCUT2D eigenvalue weighted by atomic mass is 10.2. The van der Waals surface area contributed by atoms with Gasteiger partial charge in [-0.25, -0.2) is 4.99 Å². The number of amides is 1. The zero-order valence-electron chi connectivity index (χ0n) is 14.6. The molecule has 6 nitrogen and oxygen atoms in total. The average Bonchev–Trinajstić information content (AvgIpc) is 2.55. The minimum atomic E-state index is 0.00529. The van der Waals surface area contributed by atoms with Gasteiger partial charge in [0.05, 0.1) is 19.7 Å². The number of hydrogen-bond donors (Lipinski definition) is 2. The first kappa shape index (κ1) is 18.8. The van der Waals surface area contributed by atoms with Gasteiger partial charge in [0.2, 0.25) is 5.91 Å². The number of carbonyl (C=O) groups is 1. The molecule has 0 spiro atoms. The van der Waals surface area contributed by atoms with E-state index in [9.17, 15) is 4.79 Å². The fraction of sp³-hybridized carbons (Fsp3) is 0.529. The molecule has 0 saturated carbocycles. The minimum absolute atomic E-state index is 0.00529. The van der Waals surface area contributed by atoms with E-state index in [1.54, 1.807) is 19.0 Å². The summed E-state index contributed by atoms with van der Waals surface area (Å²) in [7, 11) is 3.47. The maximum atomic E-state index is 11.7. The molecule has 23 heavy (non-hydrogen) atoms. The lowest BCUT2D eigenvalue weighted by Gasteiger charge is -2.15. The zero-order chi connectivity index (χ0) is 17.1. The van der Waals surface area contributed by atoms with Gasteiger partial charge in [0.25, 0.3) is 0 Å². The van der Waals surface area contributed by atoms with Crippen LogP contribution in [0.2, 0.25) is 0 Å². The second-order valence-corrected chi connectivity index (χ2v) is 5.27. The van der Waals surface area contributed by atoms with Crippen LogP contribution in [0.25, 0.3) is 0 Å². The summed E-state index contributed by atoms with van der Waals surface area (Å²) in [5, 5.41) is 6.28. The number of guanidine groups is 1. The van der Waals surface area contributed by atoms with Crippen LogP contribution in [0.3, 0.4) is 0 Å². The van der Waals surface area contributed by atoms with E-state index >= 15 is 0 Å². The number of hydrogen-bond acceptors (Lipinski definition) is 3. The SMILES string of the molecule is CCCNC(=NCc1ccccc1OCC)NCC(=O)N(C)C. The Morgan fingerprint density at radius 1 is 1.22 bits per heavy atom. The minimum Gasteiger partial charge on any atom is -0.494 e. The predicted molar refractivity (Wildman–Crippen MR) is 93.7 cm³/mol. The summed E-state index contributed by atoms with van der Waals surface area (Å²) in [6, 6.07) is 7.85. The largest absolute Gasteiger partial charge is 0.494 e. The van der Waals surface area contributed by atoms with Crippen molar-refractivity contribution in [2.24, 2.45) is 4.99 Å². The number of benzene rings is 1. The van der Waals surface area contributed by atoms with Gasteiger partial charge < -0.3 is 20.3 Å². The van der Waals surface area contributed by atoms with Crippen LogP contribution in [0.4, 0.5) is 0 Å². The fourth-order valence-electron chi connectivity index (χ4n) is 1.83. The van der Waals surface area contributed by atoms with E-state index in [2.05, 4.69) is 22.5 Å². The molecule has 0 aromatic heterocycles. The Morgan fingerprint density at radius 2 is 1.96 bits per heavy atom. The van der Waals surface area contributed by atoms with Crippen LogP contribution >= 0.6 is 0 Å². The number of para-hydroxylation sites is 1. The smallest absolute Gasteiger partial charge is 0.241 e. The molecule has 0 radical (unpaired) electrons. The van der Waals surface area contributed by atoms with E-state index in [-0.39, 0.29) is 12.5 Å². The number of carbonyl (C=O) groups excluding carboxylic acids is 1. The number of ether oxygens (including phenoxy) is 1. The lowest BCUT2D eigenvalue weighted by molar-refractivity contribution is -0.127. The Labute approximate surface area is 138 Å².